The first kappa shape index (κ1) is 17.3. The molecular formula is C14H18F3NO3. The van der Waals surface area contributed by atoms with Gasteiger partial charge in [-0.3, -0.25) is 5.32 Å². The lowest BCUT2D eigenvalue weighted by atomic mass is 9.92. The highest BCUT2D eigenvalue weighted by molar-refractivity contribution is 5.82. The van der Waals surface area contributed by atoms with Crippen molar-refractivity contribution in [1.29, 1.82) is 0 Å². The predicted molar refractivity (Wildman–Crippen MR) is 71.0 cm³/mol. The summed E-state index contributed by atoms with van der Waals surface area (Å²) in [5.41, 5.74) is -1.23. The maximum absolute atomic E-state index is 12.4. The SMILES string of the molecule is CCOc1ccc(C(C)(NCC(F)(F)F)C(=O)OC)cc1. The lowest BCUT2D eigenvalue weighted by Crippen LogP contribution is -2.50. The number of methoxy groups -OCH3 is 1. The van der Waals surface area contributed by atoms with Crippen LogP contribution in [0.5, 0.6) is 5.75 Å². The minimum absolute atomic E-state index is 0.363. The molecule has 0 spiro atoms. The summed E-state index contributed by atoms with van der Waals surface area (Å²) in [6, 6.07) is 6.25. The minimum atomic E-state index is -4.43. The zero-order chi connectivity index (χ0) is 16.1. The standard InChI is InChI=1S/C14H18F3NO3/c1-4-21-11-7-5-10(6-8-11)13(2,12(19)20-3)18-9-14(15,16)17/h5-8,18H,4,9H2,1-3H3. The van der Waals surface area contributed by atoms with Crippen molar-refractivity contribution in [2.45, 2.75) is 25.6 Å². The van der Waals surface area contributed by atoms with Crippen LogP contribution < -0.4 is 10.1 Å². The number of esters is 1. The summed E-state index contributed by atoms with van der Waals surface area (Å²) in [7, 11) is 1.13. The Bertz CT molecular complexity index is 473. The number of rotatable bonds is 6. The maximum atomic E-state index is 12.4. The Morgan fingerprint density at radius 2 is 1.81 bits per heavy atom. The third-order valence-electron chi connectivity index (χ3n) is 2.98. The second kappa shape index (κ2) is 6.80. The molecule has 0 aromatic heterocycles. The van der Waals surface area contributed by atoms with E-state index >= 15 is 0 Å². The van der Waals surface area contributed by atoms with Gasteiger partial charge in [0.05, 0.1) is 20.3 Å². The highest BCUT2D eigenvalue weighted by Crippen LogP contribution is 2.26. The molecule has 0 heterocycles. The number of hydrogen-bond donors (Lipinski definition) is 1. The fourth-order valence-corrected chi connectivity index (χ4v) is 1.82. The molecule has 0 aliphatic carbocycles. The molecule has 21 heavy (non-hydrogen) atoms. The van der Waals surface area contributed by atoms with E-state index < -0.39 is 24.2 Å². The number of ether oxygens (including phenoxy) is 2. The molecule has 1 N–H and O–H groups in total. The van der Waals surface area contributed by atoms with Crippen LogP contribution in [0.3, 0.4) is 0 Å². The zero-order valence-corrected chi connectivity index (χ0v) is 12.1. The van der Waals surface area contributed by atoms with E-state index in [1.165, 1.54) is 19.1 Å². The molecule has 118 valence electrons. The van der Waals surface area contributed by atoms with Gasteiger partial charge in [-0.05, 0) is 31.5 Å². The summed E-state index contributed by atoms with van der Waals surface area (Å²) in [6.45, 7) is 2.34. The lowest BCUT2D eigenvalue weighted by Gasteiger charge is -2.29. The Hall–Kier alpha value is -1.76. The van der Waals surface area contributed by atoms with Crippen molar-refractivity contribution in [3.05, 3.63) is 29.8 Å². The van der Waals surface area contributed by atoms with Gasteiger partial charge in [0.2, 0.25) is 0 Å². The van der Waals surface area contributed by atoms with E-state index in [0.29, 0.717) is 17.9 Å². The second-order valence-electron chi connectivity index (χ2n) is 4.54. The summed E-state index contributed by atoms with van der Waals surface area (Å²) < 4.78 is 47.1. The monoisotopic (exact) mass is 305 g/mol. The van der Waals surface area contributed by atoms with Gasteiger partial charge in [-0.15, -0.1) is 0 Å². The van der Waals surface area contributed by atoms with Crippen LogP contribution in [0, 0.1) is 0 Å². The first-order valence-electron chi connectivity index (χ1n) is 6.36. The van der Waals surface area contributed by atoms with E-state index in [1.54, 1.807) is 12.1 Å². The van der Waals surface area contributed by atoms with Crippen LogP contribution in [-0.2, 0) is 15.1 Å². The van der Waals surface area contributed by atoms with E-state index in [2.05, 4.69) is 10.1 Å². The molecule has 1 rings (SSSR count). The molecular weight excluding hydrogens is 287 g/mol. The fourth-order valence-electron chi connectivity index (χ4n) is 1.82. The second-order valence-corrected chi connectivity index (χ2v) is 4.54. The van der Waals surface area contributed by atoms with E-state index in [1.807, 2.05) is 6.92 Å². The molecule has 4 nitrogen and oxygen atoms in total. The van der Waals surface area contributed by atoms with Gasteiger partial charge < -0.3 is 9.47 Å². The highest BCUT2D eigenvalue weighted by atomic mass is 19.4. The van der Waals surface area contributed by atoms with Crippen LogP contribution in [0.25, 0.3) is 0 Å². The maximum Gasteiger partial charge on any atom is 0.401 e. The van der Waals surface area contributed by atoms with Crippen molar-refractivity contribution in [2.24, 2.45) is 0 Å². The highest BCUT2D eigenvalue weighted by Gasteiger charge is 2.40. The molecule has 0 amide bonds. The van der Waals surface area contributed by atoms with Crippen molar-refractivity contribution in [2.75, 3.05) is 20.3 Å². The van der Waals surface area contributed by atoms with Crippen LogP contribution in [0.4, 0.5) is 13.2 Å². The summed E-state index contributed by atoms with van der Waals surface area (Å²) in [5, 5.41) is 2.21. The van der Waals surface area contributed by atoms with Crippen LogP contribution in [0.1, 0.15) is 19.4 Å². The summed E-state index contributed by atoms with van der Waals surface area (Å²) >= 11 is 0. The van der Waals surface area contributed by atoms with Gasteiger partial charge in [-0.1, -0.05) is 12.1 Å². The smallest absolute Gasteiger partial charge is 0.401 e. The van der Waals surface area contributed by atoms with Crippen molar-refractivity contribution >= 4 is 5.97 Å². The number of carbonyl (C=O) groups excluding carboxylic acids is 1. The summed E-state index contributed by atoms with van der Waals surface area (Å²) in [4.78, 5) is 11.9. The quantitative estimate of drug-likeness (QED) is 0.821. The molecule has 1 unspecified atom stereocenters. The Balaban J connectivity index is 3.03. The molecule has 0 radical (unpaired) electrons. The normalized spacial score (nSPS) is 14.4. The predicted octanol–water partition coefficient (Wildman–Crippen LogP) is 2.63. The van der Waals surface area contributed by atoms with Crippen molar-refractivity contribution in [1.82, 2.24) is 5.32 Å². The average Bonchev–Trinajstić information content (AvgIpc) is 2.44. The van der Waals surface area contributed by atoms with Crippen LogP contribution >= 0.6 is 0 Å². The largest absolute Gasteiger partial charge is 0.494 e. The van der Waals surface area contributed by atoms with Crippen molar-refractivity contribution in [3.63, 3.8) is 0 Å². The van der Waals surface area contributed by atoms with Gasteiger partial charge in [0.1, 0.15) is 11.3 Å². The summed E-state index contributed by atoms with van der Waals surface area (Å²) in [6.07, 6.45) is -4.43. The van der Waals surface area contributed by atoms with Gasteiger partial charge in [-0.2, -0.15) is 13.2 Å². The molecule has 7 heteroatoms. The zero-order valence-electron chi connectivity index (χ0n) is 12.1. The van der Waals surface area contributed by atoms with E-state index in [0.717, 1.165) is 7.11 Å². The number of benzene rings is 1. The minimum Gasteiger partial charge on any atom is -0.494 e. The van der Waals surface area contributed by atoms with Gasteiger partial charge in [0.25, 0.3) is 0 Å². The molecule has 0 saturated carbocycles. The van der Waals surface area contributed by atoms with Crippen molar-refractivity contribution in [3.8, 4) is 5.75 Å². The summed E-state index contributed by atoms with van der Waals surface area (Å²) in [5.74, 6) is -0.222. The average molecular weight is 305 g/mol. The van der Waals surface area contributed by atoms with E-state index in [-0.39, 0.29) is 0 Å². The number of hydrogen-bond acceptors (Lipinski definition) is 4. The van der Waals surface area contributed by atoms with Crippen LogP contribution in [0.15, 0.2) is 24.3 Å². The number of nitrogens with one attached hydrogen (secondary N) is 1. The van der Waals surface area contributed by atoms with Gasteiger partial charge in [-0.25, -0.2) is 4.79 Å². The Morgan fingerprint density at radius 3 is 2.24 bits per heavy atom. The molecule has 0 fully saturated rings. The van der Waals surface area contributed by atoms with Crippen LogP contribution in [0.2, 0.25) is 0 Å². The number of carbonyl (C=O) groups is 1. The first-order valence-corrected chi connectivity index (χ1v) is 6.36. The topological polar surface area (TPSA) is 47.6 Å². The molecule has 0 aliphatic heterocycles. The Labute approximate surface area is 121 Å². The third kappa shape index (κ3) is 4.63. The molecule has 1 aromatic rings. The van der Waals surface area contributed by atoms with E-state index in [4.69, 9.17) is 4.74 Å². The lowest BCUT2D eigenvalue weighted by molar-refractivity contribution is -0.153. The van der Waals surface area contributed by atoms with Gasteiger partial charge in [0.15, 0.2) is 0 Å². The Morgan fingerprint density at radius 1 is 1.24 bits per heavy atom. The third-order valence-corrected chi connectivity index (χ3v) is 2.98. The molecule has 0 bridgehead atoms. The molecule has 1 aromatic carbocycles. The van der Waals surface area contributed by atoms with Gasteiger partial charge in [0, 0.05) is 0 Å². The molecule has 0 aliphatic rings. The molecule has 1 atom stereocenters. The number of alkyl halides is 3. The first-order chi connectivity index (χ1) is 9.73. The number of halogens is 3. The van der Waals surface area contributed by atoms with Crippen LogP contribution in [-0.4, -0.2) is 32.4 Å². The fraction of sp³-hybridized carbons (Fsp3) is 0.500. The van der Waals surface area contributed by atoms with Crippen molar-refractivity contribution < 1.29 is 27.4 Å². The molecule has 0 saturated heterocycles. The van der Waals surface area contributed by atoms with E-state index in [9.17, 15) is 18.0 Å². The Kier molecular flexibility index (Phi) is 5.60. The van der Waals surface area contributed by atoms with Gasteiger partial charge >= 0.3 is 12.1 Å².